The van der Waals surface area contributed by atoms with E-state index >= 15 is 0 Å². The Hall–Kier alpha value is -0.380. The maximum absolute atomic E-state index is 3.45. The second-order valence-electron chi connectivity index (χ2n) is 4.26. The van der Waals surface area contributed by atoms with Crippen LogP contribution in [0.4, 0.5) is 0 Å². The molecule has 84 valence electrons. The zero-order chi connectivity index (χ0) is 10.7. The molecular formula is C12H20N2S. The maximum atomic E-state index is 3.45. The number of rotatable bonds is 2. The molecule has 1 fully saturated rings. The summed E-state index contributed by atoms with van der Waals surface area (Å²) in [7, 11) is 0. The summed E-state index contributed by atoms with van der Waals surface area (Å²) in [5, 5.41) is 3.45. The summed E-state index contributed by atoms with van der Waals surface area (Å²) in [6.07, 6.45) is 1.27. The van der Waals surface area contributed by atoms with Gasteiger partial charge in [-0.1, -0.05) is 0 Å². The molecule has 2 heterocycles. The molecular weight excluding hydrogens is 204 g/mol. The van der Waals surface area contributed by atoms with E-state index < -0.39 is 0 Å². The van der Waals surface area contributed by atoms with Crippen LogP contribution in [-0.4, -0.2) is 31.1 Å². The van der Waals surface area contributed by atoms with E-state index in [1.165, 1.54) is 35.8 Å². The van der Waals surface area contributed by atoms with Crippen LogP contribution in [0, 0.1) is 6.92 Å². The van der Waals surface area contributed by atoms with E-state index in [0.717, 1.165) is 6.54 Å². The van der Waals surface area contributed by atoms with Crippen LogP contribution in [0.3, 0.4) is 0 Å². The van der Waals surface area contributed by atoms with E-state index in [-0.39, 0.29) is 0 Å². The highest BCUT2D eigenvalue weighted by Crippen LogP contribution is 2.27. The van der Waals surface area contributed by atoms with Gasteiger partial charge in [0.25, 0.3) is 0 Å². The van der Waals surface area contributed by atoms with Crippen molar-refractivity contribution in [2.24, 2.45) is 0 Å². The molecule has 1 aliphatic heterocycles. The average molecular weight is 224 g/mol. The van der Waals surface area contributed by atoms with Crippen molar-refractivity contribution >= 4 is 11.3 Å². The fraction of sp³-hybridized carbons (Fsp3) is 0.667. The fourth-order valence-electron chi connectivity index (χ4n) is 2.11. The number of hydrogen-bond donors (Lipinski definition) is 1. The summed E-state index contributed by atoms with van der Waals surface area (Å²) in [4.78, 5) is 5.52. The van der Waals surface area contributed by atoms with Gasteiger partial charge in [-0.2, -0.15) is 0 Å². The Morgan fingerprint density at radius 1 is 1.33 bits per heavy atom. The van der Waals surface area contributed by atoms with Gasteiger partial charge in [0.15, 0.2) is 0 Å². The van der Waals surface area contributed by atoms with Crippen molar-refractivity contribution in [3.63, 3.8) is 0 Å². The topological polar surface area (TPSA) is 15.3 Å². The number of nitrogens with one attached hydrogen (secondary N) is 1. The van der Waals surface area contributed by atoms with Gasteiger partial charge in [0.05, 0.1) is 0 Å². The van der Waals surface area contributed by atoms with Crippen molar-refractivity contribution in [2.75, 3.05) is 26.2 Å². The van der Waals surface area contributed by atoms with Crippen molar-refractivity contribution < 1.29 is 0 Å². The van der Waals surface area contributed by atoms with Gasteiger partial charge in [0.2, 0.25) is 0 Å². The van der Waals surface area contributed by atoms with Crippen molar-refractivity contribution in [3.05, 3.63) is 21.9 Å². The molecule has 2 rings (SSSR count). The molecule has 0 amide bonds. The van der Waals surface area contributed by atoms with Gasteiger partial charge < -0.3 is 5.32 Å². The third kappa shape index (κ3) is 2.80. The fourth-order valence-corrected chi connectivity index (χ4v) is 3.08. The minimum atomic E-state index is 0.587. The van der Waals surface area contributed by atoms with Crippen LogP contribution < -0.4 is 5.32 Å². The smallest absolute Gasteiger partial charge is 0.0413 e. The Bertz CT molecular complexity index is 300. The minimum absolute atomic E-state index is 0.587. The van der Waals surface area contributed by atoms with Crippen LogP contribution in [0.25, 0.3) is 0 Å². The van der Waals surface area contributed by atoms with Crippen LogP contribution in [-0.2, 0) is 0 Å². The van der Waals surface area contributed by atoms with Gasteiger partial charge in [0, 0.05) is 35.4 Å². The quantitative estimate of drug-likeness (QED) is 0.830. The third-order valence-electron chi connectivity index (χ3n) is 3.10. The lowest BCUT2D eigenvalue weighted by Crippen LogP contribution is -2.30. The van der Waals surface area contributed by atoms with E-state index in [1.807, 2.05) is 11.3 Å². The number of nitrogens with zero attached hydrogens (tertiary/aromatic N) is 1. The molecule has 0 aliphatic carbocycles. The van der Waals surface area contributed by atoms with Crippen LogP contribution in [0.15, 0.2) is 12.1 Å². The highest BCUT2D eigenvalue weighted by atomic mass is 32.1. The van der Waals surface area contributed by atoms with Crippen LogP contribution in [0.5, 0.6) is 0 Å². The summed E-state index contributed by atoms with van der Waals surface area (Å²) < 4.78 is 0. The number of thiophene rings is 1. The molecule has 0 bridgehead atoms. The van der Waals surface area contributed by atoms with Gasteiger partial charge in [-0.15, -0.1) is 11.3 Å². The first kappa shape index (κ1) is 11.1. The normalized spacial score (nSPS) is 21.2. The van der Waals surface area contributed by atoms with Crippen LogP contribution in [0.2, 0.25) is 0 Å². The summed E-state index contributed by atoms with van der Waals surface area (Å²) in [5.74, 6) is 0. The predicted molar refractivity (Wildman–Crippen MR) is 66.5 cm³/mol. The summed E-state index contributed by atoms with van der Waals surface area (Å²) in [6, 6.07) is 5.10. The second kappa shape index (κ2) is 5.10. The van der Waals surface area contributed by atoms with Gasteiger partial charge in [0.1, 0.15) is 0 Å². The highest BCUT2D eigenvalue weighted by Gasteiger charge is 2.17. The molecule has 2 nitrogen and oxygen atoms in total. The summed E-state index contributed by atoms with van der Waals surface area (Å²) in [6.45, 7) is 9.23. The molecule has 0 saturated carbocycles. The standard InChI is InChI=1S/C12H20N2S/c1-10-4-5-12(15-10)11(2)14-8-3-6-13-7-9-14/h4-5,11,13H,3,6-9H2,1-2H3. The molecule has 1 atom stereocenters. The molecule has 1 N–H and O–H groups in total. The predicted octanol–water partition coefficient (Wildman–Crippen LogP) is 2.41. The molecule has 1 aromatic heterocycles. The Balaban J connectivity index is 2.02. The third-order valence-corrected chi connectivity index (χ3v) is 4.27. The van der Waals surface area contributed by atoms with E-state index in [1.54, 1.807) is 0 Å². The first-order chi connectivity index (χ1) is 7.27. The zero-order valence-electron chi connectivity index (χ0n) is 9.62. The lowest BCUT2D eigenvalue weighted by molar-refractivity contribution is 0.228. The number of hydrogen-bond acceptors (Lipinski definition) is 3. The Morgan fingerprint density at radius 3 is 2.93 bits per heavy atom. The Morgan fingerprint density at radius 2 is 2.20 bits per heavy atom. The lowest BCUT2D eigenvalue weighted by Gasteiger charge is -2.26. The first-order valence-corrected chi connectivity index (χ1v) is 6.60. The monoisotopic (exact) mass is 224 g/mol. The van der Waals surface area contributed by atoms with Crippen molar-refractivity contribution in [1.29, 1.82) is 0 Å². The van der Waals surface area contributed by atoms with Crippen LogP contribution in [0.1, 0.15) is 29.1 Å². The Labute approximate surface area is 96.3 Å². The van der Waals surface area contributed by atoms with E-state index in [4.69, 9.17) is 0 Å². The molecule has 1 aliphatic rings. The summed E-state index contributed by atoms with van der Waals surface area (Å²) in [5.41, 5.74) is 0. The molecule has 1 saturated heterocycles. The van der Waals surface area contributed by atoms with Crippen molar-refractivity contribution in [2.45, 2.75) is 26.3 Å². The molecule has 1 aromatic rings. The molecule has 1 unspecified atom stereocenters. The molecule has 0 aromatic carbocycles. The highest BCUT2D eigenvalue weighted by molar-refractivity contribution is 7.12. The molecule has 3 heteroatoms. The Kier molecular flexibility index (Phi) is 3.78. The maximum Gasteiger partial charge on any atom is 0.0413 e. The number of aryl methyl sites for hydroxylation is 1. The van der Waals surface area contributed by atoms with Crippen molar-refractivity contribution in [3.8, 4) is 0 Å². The van der Waals surface area contributed by atoms with Gasteiger partial charge in [-0.05, 0) is 38.9 Å². The van der Waals surface area contributed by atoms with Gasteiger partial charge in [-0.25, -0.2) is 0 Å². The molecule has 15 heavy (non-hydrogen) atoms. The average Bonchev–Trinajstić information content (AvgIpc) is 2.53. The zero-order valence-corrected chi connectivity index (χ0v) is 10.4. The van der Waals surface area contributed by atoms with Gasteiger partial charge >= 0.3 is 0 Å². The lowest BCUT2D eigenvalue weighted by atomic mass is 10.2. The van der Waals surface area contributed by atoms with E-state index in [2.05, 4.69) is 36.2 Å². The molecule has 0 radical (unpaired) electrons. The SMILES string of the molecule is Cc1ccc(C(C)N2CCCNCC2)s1. The summed E-state index contributed by atoms with van der Waals surface area (Å²) >= 11 is 1.93. The largest absolute Gasteiger partial charge is 0.315 e. The second-order valence-corrected chi connectivity index (χ2v) is 5.58. The minimum Gasteiger partial charge on any atom is -0.315 e. The van der Waals surface area contributed by atoms with E-state index in [0.29, 0.717) is 6.04 Å². The first-order valence-electron chi connectivity index (χ1n) is 5.78. The van der Waals surface area contributed by atoms with Crippen LogP contribution >= 0.6 is 11.3 Å². The van der Waals surface area contributed by atoms with Crippen molar-refractivity contribution in [1.82, 2.24) is 10.2 Å². The molecule has 0 spiro atoms. The van der Waals surface area contributed by atoms with Gasteiger partial charge in [-0.3, -0.25) is 4.90 Å². The van der Waals surface area contributed by atoms with E-state index in [9.17, 15) is 0 Å².